The molecule has 0 amide bonds. The summed E-state index contributed by atoms with van der Waals surface area (Å²) < 4.78 is 111. The van der Waals surface area contributed by atoms with E-state index in [-0.39, 0.29) is 11.8 Å². The molecule has 5 nitrogen and oxygen atoms in total. The molecule has 0 atom stereocenters. The zero-order valence-corrected chi connectivity index (χ0v) is 15.9. The maximum Gasteiger partial charge on any atom is 0.459 e. The van der Waals surface area contributed by atoms with Crippen LogP contribution in [-0.4, -0.2) is 21.1 Å². The van der Waals surface area contributed by atoms with E-state index >= 15 is 0 Å². The third kappa shape index (κ3) is 4.52. The van der Waals surface area contributed by atoms with Gasteiger partial charge in [-0.15, -0.1) is 0 Å². The van der Waals surface area contributed by atoms with E-state index in [1.165, 1.54) is 18.2 Å². The number of nitrogens with zero attached hydrogens (tertiary/aromatic N) is 2. The first-order valence-corrected chi connectivity index (χ1v) is 8.65. The monoisotopic (exact) mass is 485 g/mol. The SMILES string of the molecule is O=c1[nH]c(-c2ccccn2)nc(C(F)(F)C(F)(F)F)c1Oc1ccc(Cl)c(C(F)(F)F)c1. The number of nitrogens with one attached hydrogen (secondary N) is 1. The number of H-pyrrole nitrogens is 1. The van der Waals surface area contributed by atoms with E-state index in [4.69, 9.17) is 16.3 Å². The van der Waals surface area contributed by atoms with Crippen LogP contribution in [0.25, 0.3) is 11.5 Å². The summed E-state index contributed by atoms with van der Waals surface area (Å²) in [5.41, 5.74) is -5.47. The maximum absolute atomic E-state index is 14.2. The van der Waals surface area contributed by atoms with Crippen LogP contribution in [0.1, 0.15) is 11.3 Å². The van der Waals surface area contributed by atoms with Crippen LogP contribution in [0.4, 0.5) is 35.1 Å². The third-order valence-corrected chi connectivity index (χ3v) is 4.23. The molecule has 3 rings (SSSR count). The summed E-state index contributed by atoms with van der Waals surface area (Å²) in [5, 5.41) is -0.789. The Hall–Kier alpha value is -3.22. The molecule has 14 heteroatoms. The molecule has 0 aliphatic heterocycles. The molecule has 0 saturated heterocycles. The molecular weight excluding hydrogens is 478 g/mol. The molecule has 1 N–H and O–H groups in total. The van der Waals surface area contributed by atoms with Crippen molar-refractivity contribution in [3.05, 3.63) is 69.2 Å². The normalized spacial score (nSPS) is 12.7. The minimum Gasteiger partial charge on any atom is -0.449 e. The summed E-state index contributed by atoms with van der Waals surface area (Å²) in [6.45, 7) is 0. The summed E-state index contributed by atoms with van der Waals surface area (Å²) >= 11 is 5.44. The van der Waals surface area contributed by atoms with Crippen molar-refractivity contribution >= 4 is 11.6 Å². The zero-order valence-electron chi connectivity index (χ0n) is 15.2. The molecule has 0 radical (unpaired) electrons. The molecule has 0 aliphatic carbocycles. The van der Waals surface area contributed by atoms with E-state index in [0.29, 0.717) is 6.07 Å². The fourth-order valence-corrected chi connectivity index (χ4v) is 2.66. The Morgan fingerprint density at radius 1 is 0.969 bits per heavy atom. The van der Waals surface area contributed by atoms with Crippen LogP contribution in [0.2, 0.25) is 5.02 Å². The Balaban J connectivity index is 2.21. The van der Waals surface area contributed by atoms with E-state index in [2.05, 4.69) is 9.97 Å². The molecule has 0 bridgehead atoms. The van der Waals surface area contributed by atoms with Crippen LogP contribution in [-0.2, 0) is 12.1 Å². The first kappa shape index (κ1) is 23.4. The maximum atomic E-state index is 14.2. The number of benzene rings is 1. The minimum absolute atomic E-state index is 0.240. The molecular formula is C18H8ClF8N3O2. The van der Waals surface area contributed by atoms with Gasteiger partial charge < -0.3 is 9.72 Å². The Morgan fingerprint density at radius 2 is 1.66 bits per heavy atom. The van der Waals surface area contributed by atoms with Gasteiger partial charge in [0, 0.05) is 6.20 Å². The number of aromatic nitrogens is 3. The van der Waals surface area contributed by atoms with Gasteiger partial charge in [-0.05, 0) is 30.3 Å². The molecule has 1 aromatic carbocycles. The number of hydrogen-bond donors (Lipinski definition) is 1. The van der Waals surface area contributed by atoms with Crippen LogP contribution >= 0.6 is 11.6 Å². The van der Waals surface area contributed by atoms with Crippen molar-refractivity contribution in [2.24, 2.45) is 0 Å². The number of pyridine rings is 1. The molecule has 170 valence electrons. The lowest BCUT2D eigenvalue weighted by molar-refractivity contribution is -0.291. The Kier molecular flexibility index (Phi) is 5.89. The van der Waals surface area contributed by atoms with E-state index < -0.39 is 57.4 Å². The highest BCUT2D eigenvalue weighted by Crippen LogP contribution is 2.46. The number of halogens is 9. The lowest BCUT2D eigenvalue weighted by Crippen LogP contribution is -2.36. The van der Waals surface area contributed by atoms with E-state index in [1.54, 1.807) is 0 Å². The standard InChI is InChI=1S/C18H8ClF8N3O2/c19-10-5-4-8(7-9(10)17(22,23)24)32-12-13(16(20,21)18(25,26)27)29-14(30-15(12)31)11-3-1-2-6-28-11/h1-7H,(H,29,30,31). The molecule has 0 fully saturated rings. The van der Waals surface area contributed by atoms with Crippen LogP contribution in [0.3, 0.4) is 0 Å². The Labute approximate surface area is 177 Å². The summed E-state index contributed by atoms with van der Waals surface area (Å²) in [5.74, 6) is -8.96. The number of ether oxygens (including phenoxy) is 1. The lowest BCUT2D eigenvalue weighted by atomic mass is 10.2. The average Bonchev–Trinajstić information content (AvgIpc) is 2.69. The first-order valence-electron chi connectivity index (χ1n) is 8.27. The zero-order chi connectivity index (χ0) is 23.9. The van der Waals surface area contributed by atoms with Gasteiger partial charge in [0.1, 0.15) is 11.4 Å². The van der Waals surface area contributed by atoms with Gasteiger partial charge in [0.05, 0.1) is 10.6 Å². The highest BCUT2D eigenvalue weighted by atomic mass is 35.5. The molecule has 0 unspecified atom stereocenters. The van der Waals surface area contributed by atoms with Crippen LogP contribution in [0.5, 0.6) is 11.5 Å². The van der Waals surface area contributed by atoms with Gasteiger partial charge >= 0.3 is 18.3 Å². The van der Waals surface area contributed by atoms with Crippen molar-refractivity contribution in [2.45, 2.75) is 18.3 Å². The molecule has 0 saturated carbocycles. The largest absolute Gasteiger partial charge is 0.459 e. The molecule has 0 spiro atoms. The van der Waals surface area contributed by atoms with Gasteiger partial charge in [0.25, 0.3) is 5.56 Å². The fourth-order valence-electron chi connectivity index (χ4n) is 2.43. The number of rotatable bonds is 4. The average molecular weight is 486 g/mol. The molecule has 2 heterocycles. The summed E-state index contributed by atoms with van der Waals surface area (Å²) in [4.78, 5) is 21.2. The van der Waals surface area contributed by atoms with E-state index in [9.17, 15) is 39.9 Å². The molecule has 0 aliphatic rings. The van der Waals surface area contributed by atoms with Gasteiger partial charge in [-0.2, -0.15) is 35.1 Å². The van der Waals surface area contributed by atoms with Crippen molar-refractivity contribution in [3.63, 3.8) is 0 Å². The first-order chi connectivity index (χ1) is 14.7. The van der Waals surface area contributed by atoms with Gasteiger partial charge in [-0.1, -0.05) is 17.7 Å². The van der Waals surface area contributed by atoms with Crippen molar-refractivity contribution in [3.8, 4) is 23.0 Å². The predicted molar refractivity (Wildman–Crippen MR) is 94.6 cm³/mol. The molecule has 3 aromatic rings. The van der Waals surface area contributed by atoms with Gasteiger partial charge in [0.15, 0.2) is 11.5 Å². The van der Waals surface area contributed by atoms with Crippen LogP contribution in [0.15, 0.2) is 47.4 Å². The third-order valence-electron chi connectivity index (χ3n) is 3.90. The number of aromatic amines is 1. The van der Waals surface area contributed by atoms with Gasteiger partial charge in [-0.3, -0.25) is 9.78 Å². The summed E-state index contributed by atoms with van der Waals surface area (Å²) in [7, 11) is 0. The second-order valence-electron chi connectivity index (χ2n) is 6.12. The summed E-state index contributed by atoms with van der Waals surface area (Å²) in [6.07, 6.45) is -10.0. The molecule has 2 aromatic heterocycles. The number of hydrogen-bond acceptors (Lipinski definition) is 4. The highest BCUT2D eigenvalue weighted by molar-refractivity contribution is 6.31. The van der Waals surface area contributed by atoms with Crippen molar-refractivity contribution in [1.82, 2.24) is 15.0 Å². The fraction of sp³-hybridized carbons (Fsp3) is 0.167. The second kappa shape index (κ2) is 8.04. The van der Waals surface area contributed by atoms with Gasteiger partial charge in [0.2, 0.25) is 5.75 Å². The quantitative estimate of drug-likeness (QED) is 0.464. The smallest absolute Gasteiger partial charge is 0.449 e. The Bertz CT molecular complexity index is 1190. The van der Waals surface area contributed by atoms with Crippen molar-refractivity contribution in [1.29, 1.82) is 0 Å². The summed E-state index contributed by atoms with van der Waals surface area (Å²) in [6, 6.07) is 5.58. The predicted octanol–water partition coefficient (Wildman–Crippen LogP) is 5.95. The van der Waals surface area contributed by atoms with Crippen LogP contribution in [0, 0.1) is 0 Å². The highest BCUT2D eigenvalue weighted by Gasteiger charge is 2.62. The topological polar surface area (TPSA) is 67.9 Å². The van der Waals surface area contributed by atoms with Gasteiger partial charge in [-0.25, -0.2) is 4.98 Å². The molecule has 32 heavy (non-hydrogen) atoms. The van der Waals surface area contributed by atoms with Crippen molar-refractivity contribution in [2.75, 3.05) is 0 Å². The lowest BCUT2D eigenvalue weighted by Gasteiger charge is -2.21. The Morgan fingerprint density at radius 3 is 2.22 bits per heavy atom. The second-order valence-corrected chi connectivity index (χ2v) is 6.53. The van der Waals surface area contributed by atoms with Crippen LogP contribution < -0.4 is 10.3 Å². The number of alkyl halides is 8. The van der Waals surface area contributed by atoms with E-state index in [1.807, 2.05) is 4.98 Å². The van der Waals surface area contributed by atoms with Crippen molar-refractivity contribution < 1.29 is 39.9 Å². The minimum atomic E-state index is -6.20. The van der Waals surface area contributed by atoms with E-state index in [0.717, 1.165) is 12.3 Å².